The maximum atomic E-state index is 9.86. The van der Waals surface area contributed by atoms with E-state index in [-0.39, 0.29) is 5.41 Å². The van der Waals surface area contributed by atoms with Crippen LogP contribution < -0.4 is 0 Å². The first-order valence-electron chi connectivity index (χ1n) is 7.52. The van der Waals surface area contributed by atoms with Crippen LogP contribution in [0.2, 0.25) is 0 Å². The van der Waals surface area contributed by atoms with Crippen LogP contribution in [0.15, 0.2) is 0 Å². The summed E-state index contributed by atoms with van der Waals surface area (Å²) < 4.78 is 5.79. The van der Waals surface area contributed by atoms with Crippen LogP contribution in [0.5, 0.6) is 0 Å². The number of morpholine rings is 1. The van der Waals surface area contributed by atoms with Gasteiger partial charge in [0.05, 0.1) is 12.2 Å². The Morgan fingerprint density at radius 3 is 2.44 bits per heavy atom. The van der Waals surface area contributed by atoms with Gasteiger partial charge in [-0.15, -0.1) is 0 Å². The van der Waals surface area contributed by atoms with Crippen LogP contribution in [0.25, 0.3) is 0 Å². The summed E-state index contributed by atoms with van der Waals surface area (Å²) >= 11 is 0. The smallest absolute Gasteiger partial charge is 0.0678 e. The number of ether oxygens (including phenoxy) is 1. The van der Waals surface area contributed by atoms with E-state index in [1.807, 2.05) is 0 Å². The van der Waals surface area contributed by atoms with Crippen molar-refractivity contribution in [2.75, 3.05) is 26.2 Å². The minimum Gasteiger partial charge on any atom is -0.396 e. The molecule has 2 rings (SSSR count). The maximum absolute atomic E-state index is 9.86. The second-order valence-corrected chi connectivity index (χ2v) is 6.81. The van der Waals surface area contributed by atoms with Crippen molar-refractivity contribution in [2.24, 2.45) is 11.3 Å². The van der Waals surface area contributed by atoms with Gasteiger partial charge in [-0.1, -0.05) is 19.8 Å². The van der Waals surface area contributed by atoms with Gasteiger partial charge in [-0.3, -0.25) is 4.90 Å². The predicted molar refractivity (Wildman–Crippen MR) is 73.6 cm³/mol. The number of nitrogens with zero attached hydrogens (tertiary/aromatic N) is 1. The van der Waals surface area contributed by atoms with Crippen LogP contribution >= 0.6 is 0 Å². The number of rotatable bonds is 3. The average molecular weight is 255 g/mol. The van der Waals surface area contributed by atoms with Gasteiger partial charge in [0.2, 0.25) is 0 Å². The van der Waals surface area contributed by atoms with Gasteiger partial charge < -0.3 is 9.84 Å². The third-order valence-corrected chi connectivity index (χ3v) is 4.58. The molecular formula is C15H29NO2. The Morgan fingerprint density at radius 2 is 1.89 bits per heavy atom. The van der Waals surface area contributed by atoms with Crippen molar-refractivity contribution in [3.63, 3.8) is 0 Å². The zero-order valence-corrected chi connectivity index (χ0v) is 12.2. The molecule has 3 nitrogen and oxygen atoms in total. The largest absolute Gasteiger partial charge is 0.396 e. The van der Waals surface area contributed by atoms with E-state index in [0.717, 1.165) is 25.6 Å². The van der Waals surface area contributed by atoms with Gasteiger partial charge >= 0.3 is 0 Å². The Balaban J connectivity index is 1.96. The van der Waals surface area contributed by atoms with Gasteiger partial charge in [0.25, 0.3) is 0 Å². The minimum atomic E-state index is 0.147. The molecule has 0 aromatic carbocycles. The highest BCUT2D eigenvalue weighted by molar-refractivity contribution is 4.89. The first kappa shape index (κ1) is 14.3. The van der Waals surface area contributed by atoms with Crippen molar-refractivity contribution >= 4 is 0 Å². The highest BCUT2D eigenvalue weighted by Crippen LogP contribution is 2.40. The minimum absolute atomic E-state index is 0.147. The Labute approximate surface area is 112 Å². The van der Waals surface area contributed by atoms with Crippen LogP contribution in [0, 0.1) is 11.3 Å². The fourth-order valence-electron chi connectivity index (χ4n) is 3.99. The topological polar surface area (TPSA) is 32.7 Å². The molecule has 18 heavy (non-hydrogen) atoms. The van der Waals surface area contributed by atoms with Gasteiger partial charge in [-0.25, -0.2) is 0 Å². The second kappa shape index (κ2) is 5.89. The molecule has 2 fully saturated rings. The molecule has 1 heterocycles. The summed E-state index contributed by atoms with van der Waals surface area (Å²) in [7, 11) is 0. The van der Waals surface area contributed by atoms with Crippen LogP contribution in [0.4, 0.5) is 0 Å². The summed E-state index contributed by atoms with van der Waals surface area (Å²) in [6, 6.07) is 0. The fraction of sp³-hybridized carbons (Fsp3) is 1.00. The van der Waals surface area contributed by atoms with Crippen LogP contribution in [0.3, 0.4) is 0 Å². The van der Waals surface area contributed by atoms with Gasteiger partial charge in [0.1, 0.15) is 0 Å². The van der Waals surface area contributed by atoms with E-state index in [9.17, 15) is 5.11 Å². The van der Waals surface area contributed by atoms with E-state index in [1.54, 1.807) is 0 Å². The van der Waals surface area contributed by atoms with E-state index in [1.165, 1.54) is 25.7 Å². The number of hydrogen-bond acceptors (Lipinski definition) is 3. The third-order valence-electron chi connectivity index (χ3n) is 4.58. The molecule has 0 bridgehead atoms. The Kier molecular flexibility index (Phi) is 4.68. The van der Waals surface area contributed by atoms with Crippen LogP contribution in [0.1, 0.15) is 46.5 Å². The predicted octanol–water partition coefficient (Wildman–Crippen LogP) is 2.28. The van der Waals surface area contributed by atoms with Crippen molar-refractivity contribution in [1.82, 2.24) is 4.90 Å². The zero-order valence-electron chi connectivity index (χ0n) is 12.2. The SMILES string of the molecule is CC1CCCC(CO)(CN2C[C@@H](C)O[C@@H](C)C2)C1. The third kappa shape index (κ3) is 3.46. The summed E-state index contributed by atoms with van der Waals surface area (Å²) in [5, 5.41) is 9.86. The van der Waals surface area contributed by atoms with E-state index in [4.69, 9.17) is 4.74 Å². The molecule has 2 unspecified atom stereocenters. The Hall–Kier alpha value is -0.120. The summed E-state index contributed by atoms with van der Waals surface area (Å²) in [5.41, 5.74) is 0.147. The zero-order chi connectivity index (χ0) is 13.2. The van der Waals surface area contributed by atoms with E-state index in [0.29, 0.717) is 18.8 Å². The van der Waals surface area contributed by atoms with E-state index >= 15 is 0 Å². The van der Waals surface area contributed by atoms with Gasteiger partial charge in [-0.2, -0.15) is 0 Å². The van der Waals surface area contributed by atoms with Crippen molar-refractivity contribution in [3.05, 3.63) is 0 Å². The summed E-state index contributed by atoms with van der Waals surface area (Å²) in [4.78, 5) is 2.51. The molecule has 1 aliphatic carbocycles. The lowest BCUT2D eigenvalue weighted by molar-refractivity contribution is -0.0873. The lowest BCUT2D eigenvalue weighted by atomic mass is 9.70. The molecule has 1 N–H and O–H groups in total. The summed E-state index contributed by atoms with van der Waals surface area (Å²) in [6.07, 6.45) is 5.63. The number of hydrogen-bond donors (Lipinski definition) is 1. The van der Waals surface area contributed by atoms with Crippen molar-refractivity contribution in [1.29, 1.82) is 0 Å². The van der Waals surface area contributed by atoms with Crippen molar-refractivity contribution in [3.8, 4) is 0 Å². The van der Waals surface area contributed by atoms with Crippen molar-refractivity contribution < 1.29 is 9.84 Å². The molecule has 0 amide bonds. The molecule has 4 atom stereocenters. The highest BCUT2D eigenvalue weighted by atomic mass is 16.5. The van der Waals surface area contributed by atoms with E-state index in [2.05, 4.69) is 25.7 Å². The lowest BCUT2D eigenvalue weighted by Gasteiger charge is -2.45. The summed E-state index contributed by atoms with van der Waals surface area (Å²) in [6.45, 7) is 10.0. The van der Waals surface area contributed by atoms with Crippen molar-refractivity contribution in [2.45, 2.75) is 58.7 Å². The van der Waals surface area contributed by atoms with Gasteiger partial charge in [0.15, 0.2) is 0 Å². The molecular weight excluding hydrogens is 226 g/mol. The molecule has 0 aromatic rings. The van der Waals surface area contributed by atoms with Crippen LogP contribution in [-0.2, 0) is 4.74 Å². The Morgan fingerprint density at radius 1 is 1.22 bits per heavy atom. The maximum Gasteiger partial charge on any atom is 0.0678 e. The second-order valence-electron chi connectivity index (χ2n) is 6.81. The average Bonchev–Trinajstić information content (AvgIpc) is 2.27. The molecule has 0 aromatic heterocycles. The molecule has 106 valence electrons. The quantitative estimate of drug-likeness (QED) is 0.840. The molecule has 2 aliphatic rings. The fourth-order valence-corrected chi connectivity index (χ4v) is 3.99. The first-order valence-corrected chi connectivity index (χ1v) is 7.52. The molecule has 1 saturated carbocycles. The molecule has 1 saturated heterocycles. The van der Waals surface area contributed by atoms with Gasteiger partial charge in [-0.05, 0) is 32.6 Å². The van der Waals surface area contributed by atoms with Gasteiger partial charge in [0, 0.05) is 31.7 Å². The molecule has 3 heteroatoms. The Bertz CT molecular complexity index is 261. The molecule has 0 spiro atoms. The number of aliphatic hydroxyl groups excluding tert-OH is 1. The molecule has 0 radical (unpaired) electrons. The number of aliphatic hydroxyl groups is 1. The standard InChI is InChI=1S/C15H29NO2/c1-12-5-4-6-15(7-12,11-17)10-16-8-13(2)18-14(3)9-16/h12-14,17H,4-11H2,1-3H3/t12?,13-,14+,15?. The summed E-state index contributed by atoms with van der Waals surface area (Å²) in [5.74, 6) is 0.766. The normalized spacial score (nSPS) is 43.0. The highest BCUT2D eigenvalue weighted by Gasteiger charge is 2.37. The monoisotopic (exact) mass is 255 g/mol. The lowest BCUT2D eigenvalue weighted by Crippen LogP contribution is -2.51. The first-order chi connectivity index (χ1) is 8.53. The molecule has 1 aliphatic heterocycles. The van der Waals surface area contributed by atoms with Crippen LogP contribution in [-0.4, -0.2) is 48.5 Å². The van der Waals surface area contributed by atoms with E-state index < -0.39 is 0 Å².